The lowest BCUT2D eigenvalue weighted by molar-refractivity contribution is -0.0654. The average Bonchev–Trinajstić information content (AvgIpc) is 2.63. The summed E-state index contributed by atoms with van der Waals surface area (Å²) in [5, 5.41) is 8.37. The van der Waals surface area contributed by atoms with Gasteiger partial charge in [-0.1, -0.05) is 12.1 Å². The maximum Gasteiger partial charge on any atom is 0.265 e. The first-order valence-electron chi connectivity index (χ1n) is 9.37. The third-order valence-electron chi connectivity index (χ3n) is 5.04. The van der Waals surface area contributed by atoms with Crippen molar-refractivity contribution in [3.8, 4) is 0 Å². The molecule has 6 nitrogen and oxygen atoms in total. The minimum atomic E-state index is -2.92. The Morgan fingerprint density at radius 3 is 2.69 bits per heavy atom. The lowest BCUT2D eigenvalue weighted by atomic mass is 9.87. The van der Waals surface area contributed by atoms with Crippen LogP contribution in [0.1, 0.15) is 35.2 Å². The molecule has 29 heavy (non-hydrogen) atoms. The van der Waals surface area contributed by atoms with Crippen molar-refractivity contribution in [1.82, 2.24) is 10.3 Å². The molecule has 2 atom stereocenters. The smallest absolute Gasteiger partial charge is 0.265 e. The number of amides is 1. The number of likely N-dealkylation sites (N-methyl/N-ethyl adjacent to an activating group) is 1. The van der Waals surface area contributed by atoms with Crippen molar-refractivity contribution >= 4 is 23.2 Å². The highest BCUT2D eigenvalue weighted by molar-refractivity contribution is 5.98. The molecule has 1 aromatic carbocycles. The van der Waals surface area contributed by atoms with E-state index in [0.29, 0.717) is 18.5 Å². The zero-order valence-electron chi connectivity index (χ0n) is 16.2. The quantitative estimate of drug-likeness (QED) is 0.588. The van der Waals surface area contributed by atoms with Gasteiger partial charge >= 0.3 is 0 Å². The summed E-state index contributed by atoms with van der Waals surface area (Å²) >= 11 is 0. The fourth-order valence-electron chi connectivity index (χ4n) is 3.65. The number of nitrogens with zero attached hydrogens (tertiary/aromatic N) is 1. The molecule has 3 rings (SSSR count). The fraction of sp³-hybridized carbons (Fsp3) is 0.400. The first-order chi connectivity index (χ1) is 13.7. The van der Waals surface area contributed by atoms with Crippen molar-refractivity contribution in [1.29, 1.82) is 0 Å². The summed E-state index contributed by atoms with van der Waals surface area (Å²) in [6.07, 6.45) is 0.506. The van der Waals surface area contributed by atoms with Crippen LogP contribution in [-0.4, -0.2) is 35.9 Å². The molecule has 1 fully saturated rings. The number of pyridine rings is 1. The molecule has 9 heteroatoms. The summed E-state index contributed by atoms with van der Waals surface area (Å²) in [6.45, 7) is 1.90. The zero-order valence-corrected chi connectivity index (χ0v) is 16.2. The van der Waals surface area contributed by atoms with Gasteiger partial charge in [-0.2, -0.15) is 0 Å². The second kappa shape index (κ2) is 8.28. The molecule has 2 aromatic rings. The van der Waals surface area contributed by atoms with Gasteiger partial charge in [0.2, 0.25) is 0 Å². The summed E-state index contributed by atoms with van der Waals surface area (Å²) in [7, 11) is 1.45. The Morgan fingerprint density at radius 1 is 1.28 bits per heavy atom. The number of rotatable bonds is 6. The Bertz CT molecular complexity index is 906. The van der Waals surface area contributed by atoms with Gasteiger partial charge in [0.25, 0.3) is 11.8 Å². The van der Waals surface area contributed by atoms with Crippen LogP contribution in [0.4, 0.5) is 30.5 Å². The molecule has 0 radical (unpaired) electrons. The second-order valence-electron chi connectivity index (χ2n) is 7.24. The van der Waals surface area contributed by atoms with E-state index in [9.17, 15) is 18.0 Å². The molecule has 5 N–H and O–H groups in total. The average molecular weight is 407 g/mol. The standard InChI is InChI=1S/C20H24F3N5O/c1-11-5-3-6-12(9-11)26-18-13(17(24)29)10-14(21)19(28-18)27-15-7-4-8-20(22,23)16(15)25-2/h3,5-6,9-10,15-16,25H,4,7-8H2,1-2H3,(H2,24,29)(H2,26,27,28). The number of aryl methyl sites for hydroxylation is 1. The minimum absolute atomic E-state index is 0.0515. The summed E-state index contributed by atoms with van der Waals surface area (Å²) < 4.78 is 43.0. The number of benzene rings is 1. The molecule has 0 aliphatic heterocycles. The SMILES string of the molecule is CNC1C(Nc2nc(Nc3cccc(C)c3)c(C(N)=O)cc2F)CCCC1(F)F. The number of nitrogens with two attached hydrogens (primary N) is 1. The third-order valence-corrected chi connectivity index (χ3v) is 5.04. The Kier molecular flexibility index (Phi) is 5.97. The number of carbonyl (C=O) groups excluding carboxylic acids is 1. The molecule has 1 saturated carbocycles. The largest absolute Gasteiger partial charge is 0.365 e. The molecule has 1 aliphatic rings. The minimum Gasteiger partial charge on any atom is -0.365 e. The van der Waals surface area contributed by atoms with Crippen LogP contribution < -0.4 is 21.7 Å². The van der Waals surface area contributed by atoms with Gasteiger partial charge in [-0.3, -0.25) is 4.79 Å². The fourth-order valence-corrected chi connectivity index (χ4v) is 3.65. The Balaban J connectivity index is 1.94. The van der Waals surface area contributed by atoms with Gasteiger partial charge in [0.05, 0.1) is 11.6 Å². The lowest BCUT2D eigenvalue weighted by Crippen LogP contribution is -2.56. The highest BCUT2D eigenvalue weighted by Crippen LogP contribution is 2.35. The van der Waals surface area contributed by atoms with Crippen molar-refractivity contribution < 1.29 is 18.0 Å². The predicted octanol–water partition coefficient (Wildman–Crippen LogP) is 3.56. The number of carbonyl (C=O) groups is 1. The molecule has 156 valence electrons. The monoisotopic (exact) mass is 407 g/mol. The predicted molar refractivity (Wildman–Crippen MR) is 106 cm³/mol. The Labute approximate surface area is 167 Å². The van der Waals surface area contributed by atoms with Crippen LogP contribution in [0.2, 0.25) is 0 Å². The van der Waals surface area contributed by atoms with E-state index in [1.807, 2.05) is 25.1 Å². The maximum atomic E-state index is 14.6. The molecule has 1 aromatic heterocycles. The molecule has 1 heterocycles. The highest BCUT2D eigenvalue weighted by atomic mass is 19.3. The Morgan fingerprint density at radius 2 is 2.03 bits per heavy atom. The number of alkyl halides is 2. The van der Waals surface area contributed by atoms with Crippen LogP contribution in [-0.2, 0) is 0 Å². The van der Waals surface area contributed by atoms with Crippen LogP contribution in [0, 0.1) is 12.7 Å². The van der Waals surface area contributed by atoms with Gasteiger partial charge in [0.1, 0.15) is 5.82 Å². The number of aromatic nitrogens is 1. The number of primary amides is 1. The van der Waals surface area contributed by atoms with Gasteiger partial charge in [-0.15, -0.1) is 0 Å². The van der Waals surface area contributed by atoms with Crippen LogP contribution in [0.5, 0.6) is 0 Å². The molecule has 1 amide bonds. The van der Waals surface area contributed by atoms with Crippen LogP contribution in [0.3, 0.4) is 0 Å². The summed E-state index contributed by atoms with van der Waals surface area (Å²) in [5.74, 6) is -4.77. The van der Waals surface area contributed by atoms with Gasteiger partial charge in [-0.05, 0) is 50.6 Å². The van der Waals surface area contributed by atoms with E-state index in [1.54, 1.807) is 6.07 Å². The summed E-state index contributed by atoms with van der Waals surface area (Å²) in [5.41, 5.74) is 6.84. The van der Waals surface area contributed by atoms with E-state index in [-0.39, 0.29) is 23.6 Å². The summed E-state index contributed by atoms with van der Waals surface area (Å²) in [4.78, 5) is 15.9. The van der Waals surface area contributed by atoms with Crippen LogP contribution in [0.25, 0.3) is 0 Å². The van der Waals surface area contributed by atoms with Crippen molar-refractivity contribution in [2.24, 2.45) is 5.73 Å². The molecular weight excluding hydrogens is 383 g/mol. The van der Waals surface area contributed by atoms with Crippen molar-refractivity contribution in [2.75, 3.05) is 17.7 Å². The number of nitrogens with one attached hydrogen (secondary N) is 3. The van der Waals surface area contributed by atoms with E-state index in [0.717, 1.165) is 11.6 Å². The number of hydrogen-bond donors (Lipinski definition) is 4. The topological polar surface area (TPSA) is 92.1 Å². The molecule has 0 saturated heterocycles. The van der Waals surface area contributed by atoms with Crippen molar-refractivity contribution in [3.05, 3.63) is 47.3 Å². The second-order valence-corrected chi connectivity index (χ2v) is 7.24. The lowest BCUT2D eigenvalue weighted by Gasteiger charge is -2.38. The maximum absolute atomic E-state index is 14.6. The van der Waals surface area contributed by atoms with E-state index in [4.69, 9.17) is 5.73 Å². The molecule has 2 unspecified atom stereocenters. The van der Waals surface area contributed by atoms with Gasteiger partial charge < -0.3 is 21.7 Å². The van der Waals surface area contributed by atoms with Crippen LogP contribution in [0.15, 0.2) is 30.3 Å². The zero-order chi connectivity index (χ0) is 21.2. The first kappa shape index (κ1) is 20.9. The van der Waals surface area contributed by atoms with Crippen molar-refractivity contribution in [2.45, 2.75) is 44.2 Å². The highest BCUT2D eigenvalue weighted by Gasteiger charge is 2.46. The molecular formula is C20H24F3N5O. The van der Waals surface area contributed by atoms with Gasteiger partial charge in [0, 0.05) is 18.2 Å². The van der Waals surface area contributed by atoms with Gasteiger partial charge in [0.15, 0.2) is 11.6 Å². The number of anilines is 3. The number of hydrogen-bond acceptors (Lipinski definition) is 5. The van der Waals surface area contributed by atoms with Crippen LogP contribution >= 0.6 is 0 Å². The van der Waals surface area contributed by atoms with E-state index in [2.05, 4.69) is 20.9 Å². The first-order valence-corrected chi connectivity index (χ1v) is 9.37. The van der Waals surface area contributed by atoms with Gasteiger partial charge in [-0.25, -0.2) is 18.2 Å². The van der Waals surface area contributed by atoms with E-state index < -0.39 is 29.7 Å². The van der Waals surface area contributed by atoms with E-state index in [1.165, 1.54) is 7.05 Å². The molecule has 0 spiro atoms. The molecule has 1 aliphatic carbocycles. The van der Waals surface area contributed by atoms with Crippen molar-refractivity contribution in [3.63, 3.8) is 0 Å². The Hall–Kier alpha value is -2.81. The molecule has 0 bridgehead atoms. The van der Waals surface area contributed by atoms with E-state index >= 15 is 0 Å². The normalized spacial score (nSPS) is 20.9. The summed E-state index contributed by atoms with van der Waals surface area (Å²) in [6, 6.07) is 6.36. The number of halogens is 3. The third kappa shape index (κ3) is 4.61.